The number of nitrogens with one attached hydrogen (secondary N) is 2. The van der Waals surface area contributed by atoms with Crippen LogP contribution in [0.1, 0.15) is 18.3 Å². The fraction of sp³-hybridized carbons (Fsp3) is 0.400. The topological polar surface area (TPSA) is 53.6 Å². The van der Waals surface area contributed by atoms with E-state index in [4.69, 9.17) is 0 Å². The monoisotopic (exact) mass is 222 g/mol. The van der Waals surface area contributed by atoms with Crippen molar-refractivity contribution in [3.05, 3.63) is 29.0 Å². The second-order valence-electron chi connectivity index (χ2n) is 3.26. The molecule has 2 aromatic heterocycles. The molecule has 0 saturated heterocycles. The van der Waals surface area contributed by atoms with Crippen LogP contribution < -0.4 is 5.32 Å². The second kappa shape index (κ2) is 4.93. The molecule has 0 bridgehead atoms. The summed E-state index contributed by atoms with van der Waals surface area (Å²) in [5, 5.41) is 13.2. The average Bonchev–Trinajstić information content (AvgIpc) is 2.88. The summed E-state index contributed by atoms with van der Waals surface area (Å²) in [6.07, 6.45) is 3.72. The largest absolute Gasteiger partial charge is 0.361 e. The maximum Gasteiger partial charge on any atom is 0.182 e. The van der Waals surface area contributed by atoms with Crippen LogP contribution in [-0.4, -0.2) is 21.7 Å². The first-order valence-electron chi connectivity index (χ1n) is 5.05. The van der Waals surface area contributed by atoms with E-state index < -0.39 is 0 Å². The van der Waals surface area contributed by atoms with Crippen molar-refractivity contribution in [3.63, 3.8) is 0 Å². The lowest BCUT2D eigenvalue weighted by molar-refractivity contribution is 0.926. The molecule has 5 heteroatoms. The van der Waals surface area contributed by atoms with Crippen LogP contribution in [0, 0.1) is 0 Å². The minimum Gasteiger partial charge on any atom is -0.361 e. The molecule has 4 nitrogen and oxygen atoms in total. The van der Waals surface area contributed by atoms with Crippen molar-refractivity contribution in [2.75, 3.05) is 11.9 Å². The van der Waals surface area contributed by atoms with Gasteiger partial charge >= 0.3 is 0 Å². The fourth-order valence-electron chi connectivity index (χ4n) is 1.28. The number of aromatic nitrogens is 3. The van der Waals surface area contributed by atoms with Gasteiger partial charge in [0.2, 0.25) is 0 Å². The highest BCUT2D eigenvalue weighted by atomic mass is 32.1. The third-order valence-electron chi connectivity index (χ3n) is 2.14. The van der Waals surface area contributed by atoms with Crippen molar-refractivity contribution >= 4 is 16.5 Å². The van der Waals surface area contributed by atoms with E-state index in [2.05, 4.69) is 32.8 Å². The standard InChI is InChI=1S/C10H14N4S/c1-2-8-7-15-10(13-8)11-5-3-9-4-6-12-14-9/h4,6-7H,2-3,5H2,1H3,(H,11,13)(H,12,14). The quantitative estimate of drug-likeness (QED) is 0.814. The van der Waals surface area contributed by atoms with Crippen LogP contribution in [0.2, 0.25) is 0 Å². The summed E-state index contributed by atoms with van der Waals surface area (Å²) in [4.78, 5) is 4.43. The van der Waals surface area contributed by atoms with Gasteiger partial charge in [-0.3, -0.25) is 5.10 Å². The molecule has 0 aliphatic rings. The number of hydrogen-bond acceptors (Lipinski definition) is 4. The maximum absolute atomic E-state index is 4.43. The third-order valence-corrected chi connectivity index (χ3v) is 2.99. The molecule has 2 aromatic rings. The van der Waals surface area contributed by atoms with Gasteiger partial charge in [-0.1, -0.05) is 6.92 Å². The molecule has 0 aliphatic carbocycles. The van der Waals surface area contributed by atoms with Crippen LogP contribution in [0.15, 0.2) is 17.6 Å². The summed E-state index contributed by atoms with van der Waals surface area (Å²) in [6.45, 7) is 3.00. The van der Waals surface area contributed by atoms with E-state index in [1.165, 1.54) is 0 Å². The van der Waals surface area contributed by atoms with Gasteiger partial charge in [0.05, 0.1) is 5.69 Å². The molecule has 2 heterocycles. The van der Waals surface area contributed by atoms with Gasteiger partial charge in [0.1, 0.15) is 0 Å². The molecule has 0 radical (unpaired) electrons. The Morgan fingerprint density at radius 1 is 1.53 bits per heavy atom. The lowest BCUT2D eigenvalue weighted by atomic mass is 10.3. The van der Waals surface area contributed by atoms with Gasteiger partial charge in [-0.25, -0.2) is 4.98 Å². The van der Waals surface area contributed by atoms with Crippen molar-refractivity contribution in [1.29, 1.82) is 0 Å². The Morgan fingerprint density at radius 2 is 2.47 bits per heavy atom. The number of aromatic amines is 1. The highest BCUT2D eigenvalue weighted by Crippen LogP contribution is 2.15. The van der Waals surface area contributed by atoms with Gasteiger partial charge in [-0.05, 0) is 12.5 Å². The molecule has 0 saturated carbocycles. The number of nitrogens with zero attached hydrogens (tertiary/aromatic N) is 2. The molecule has 0 amide bonds. The van der Waals surface area contributed by atoms with E-state index in [0.29, 0.717) is 0 Å². The molecule has 0 atom stereocenters. The lowest BCUT2D eigenvalue weighted by Gasteiger charge is -1.99. The van der Waals surface area contributed by atoms with Crippen molar-refractivity contribution in [2.45, 2.75) is 19.8 Å². The predicted molar refractivity (Wildman–Crippen MR) is 62.3 cm³/mol. The zero-order chi connectivity index (χ0) is 10.5. The van der Waals surface area contributed by atoms with Crippen LogP contribution in [0.4, 0.5) is 5.13 Å². The molecule has 80 valence electrons. The van der Waals surface area contributed by atoms with Crippen LogP contribution in [-0.2, 0) is 12.8 Å². The Bertz CT molecular complexity index is 393. The summed E-state index contributed by atoms with van der Waals surface area (Å²) in [7, 11) is 0. The fourth-order valence-corrected chi connectivity index (χ4v) is 2.10. The molecular weight excluding hydrogens is 208 g/mol. The minimum atomic E-state index is 0.888. The van der Waals surface area contributed by atoms with E-state index in [-0.39, 0.29) is 0 Å². The summed E-state index contributed by atoms with van der Waals surface area (Å²) in [6, 6.07) is 1.99. The van der Waals surface area contributed by atoms with Crippen molar-refractivity contribution in [3.8, 4) is 0 Å². The number of thiazole rings is 1. The van der Waals surface area contributed by atoms with E-state index in [0.717, 1.165) is 35.9 Å². The lowest BCUT2D eigenvalue weighted by Crippen LogP contribution is -2.04. The first-order chi connectivity index (χ1) is 7.38. The summed E-state index contributed by atoms with van der Waals surface area (Å²) < 4.78 is 0. The minimum absolute atomic E-state index is 0.888. The van der Waals surface area contributed by atoms with E-state index in [1.54, 1.807) is 17.5 Å². The Kier molecular flexibility index (Phi) is 3.34. The zero-order valence-electron chi connectivity index (χ0n) is 8.66. The van der Waals surface area contributed by atoms with Gasteiger partial charge in [0, 0.05) is 30.2 Å². The van der Waals surface area contributed by atoms with Gasteiger partial charge < -0.3 is 5.32 Å². The Balaban J connectivity index is 1.78. The summed E-state index contributed by atoms with van der Waals surface area (Å²) in [5.74, 6) is 0. The molecular formula is C10H14N4S. The Hall–Kier alpha value is -1.36. The maximum atomic E-state index is 4.43. The number of hydrogen-bond donors (Lipinski definition) is 2. The average molecular weight is 222 g/mol. The highest BCUT2D eigenvalue weighted by Gasteiger charge is 1.99. The third kappa shape index (κ3) is 2.79. The SMILES string of the molecule is CCc1csc(NCCc2ccn[nH]2)n1. The van der Waals surface area contributed by atoms with Crippen molar-refractivity contribution in [1.82, 2.24) is 15.2 Å². The molecule has 15 heavy (non-hydrogen) atoms. The summed E-state index contributed by atoms with van der Waals surface area (Å²) in [5.41, 5.74) is 2.30. The zero-order valence-corrected chi connectivity index (χ0v) is 9.47. The van der Waals surface area contributed by atoms with Crippen molar-refractivity contribution < 1.29 is 0 Å². The first-order valence-corrected chi connectivity index (χ1v) is 5.93. The van der Waals surface area contributed by atoms with Gasteiger partial charge in [0.25, 0.3) is 0 Å². The number of aryl methyl sites for hydroxylation is 1. The Labute approximate surface area is 92.8 Å². The normalized spacial score (nSPS) is 10.5. The van der Waals surface area contributed by atoms with E-state index in [1.807, 2.05) is 6.07 Å². The number of anilines is 1. The van der Waals surface area contributed by atoms with Crippen LogP contribution in [0.25, 0.3) is 0 Å². The highest BCUT2D eigenvalue weighted by molar-refractivity contribution is 7.13. The van der Waals surface area contributed by atoms with E-state index in [9.17, 15) is 0 Å². The van der Waals surface area contributed by atoms with Gasteiger partial charge in [0.15, 0.2) is 5.13 Å². The van der Waals surface area contributed by atoms with Gasteiger partial charge in [-0.15, -0.1) is 11.3 Å². The molecule has 2 N–H and O–H groups in total. The van der Waals surface area contributed by atoms with Crippen LogP contribution >= 0.6 is 11.3 Å². The smallest absolute Gasteiger partial charge is 0.182 e. The Morgan fingerprint density at radius 3 is 3.13 bits per heavy atom. The van der Waals surface area contributed by atoms with Gasteiger partial charge in [-0.2, -0.15) is 5.10 Å². The molecule has 2 rings (SSSR count). The molecule has 0 spiro atoms. The predicted octanol–water partition coefficient (Wildman–Crippen LogP) is 2.08. The van der Waals surface area contributed by atoms with Crippen LogP contribution in [0.3, 0.4) is 0 Å². The molecule has 0 fully saturated rings. The molecule has 0 aliphatic heterocycles. The molecule has 0 aromatic carbocycles. The second-order valence-corrected chi connectivity index (χ2v) is 4.11. The number of rotatable bonds is 5. The molecule has 0 unspecified atom stereocenters. The summed E-state index contributed by atoms with van der Waals surface area (Å²) >= 11 is 1.66. The number of H-pyrrole nitrogens is 1. The van der Waals surface area contributed by atoms with Crippen molar-refractivity contribution in [2.24, 2.45) is 0 Å². The first kappa shape index (κ1) is 10.2. The van der Waals surface area contributed by atoms with Crippen LogP contribution in [0.5, 0.6) is 0 Å². The van der Waals surface area contributed by atoms with E-state index >= 15 is 0 Å².